The fraction of sp³-hybridized carbons (Fsp3) is 0.353. The number of aryl methyl sites for hydroxylation is 2. The molecule has 2 heteroatoms. The van der Waals surface area contributed by atoms with E-state index in [1.807, 2.05) is 19.3 Å². The summed E-state index contributed by atoms with van der Waals surface area (Å²) in [5.41, 5.74) is 4.98. The Morgan fingerprint density at radius 3 is 2.47 bits per heavy atom. The van der Waals surface area contributed by atoms with Crippen LogP contribution in [0, 0.1) is 6.92 Å². The molecule has 0 aliphatic heterocycles. The number of benzene rings is 1. The van der Waals surface area contributed by atoms with Crippen molar-refractivity contribution in [3.05, 3.63) is 65.0 Å². The molecule has 2 rings (SSSR count). The van der Waals surface area contributed by atoms with Crippen LogP contribution in [0.5, 0.6) is 0 Å². The third-order valence-corrected chi connectivity index (χ3v) is 3.37. The Balaban J connectivity index is 2.26. The first-order valence-corrected chi connectivity index (χ1v) is 6.93. The van der Waals surface area contributed by atoms with Crippen molar-refractivity contribution in [2.75, 3.05) is 7.05 Å². The molecule has 0 spiro atoms. The number of pyridine rings is 1. The number of rotatable bonds is 5. The highest BCUT2D eigenvalue weighted by Gasteiger charge is 2.13. The summed E-state index contributed by atoms with van der Waals surface area (Å²) in [5, 5.41) is 3.35. The summed E-state index contributed by atoms with van der Waals surface area (Å²) in [6.07, 6.45) is 4.21. The van der Waals surface area contributed by atoms with Crippen molar-refractivity contribution >= 4 is 0 Å². The van der Waals surface area contributed by atoms with Gasteiger partial charge in [0.25, 0.3) is 0 Å². The first kappa shape index (κ1) is 13.8. The van der Waals surface area contributed by atoms with Crippen molar-refractivity contribution in [3.8, 4) is 0 Å². The van der Waals surface area contributed by atoms with Crippen LogP contribution in [0.4, 0.5) is 0 Å². The number of nitrogens with zero attached hydrogens (tertiary/aromatic N) is 1. The van der Waals surface area contributed by atoms with E-state index in [2.05, 4.69) is 54.5 Å². The molecule has 0 radical (unpaired) electrons. The molecule has 0 saturated heterocycles. The molecule has 0 bridgehead atoms. The Morgan fingerprint density at radius 2 is 1.89 bits per heavy atom. The summed E-state index contributed by atoms with van der Waals surface area (Å²) in [4.78, 5) is 4.48. The molecule has 1 heterocycles. The summed E-state index contributed by atoms with van der Waals surface area (Å²) >= 11 is 0. The molecule has 1 N–H and O–H groups in total. The van der Waals surface area contributed by atoms with Gasteiger partial charge in [-0.2, -0.15) is 0 Å². The first-order valence-electron chi connectivity index (χ1n) is 6.93. The van der Waals surface area contributed by atoms with Crippen LogP contribution in [-0.2, 0) is 6.42 Å². The molecular weight excluding hydrogens is 232 g/mol. The van der Waals surface area contributed by atoms with Crippen molar-refractivity contribution in [1.82, 2.24) is 10.3 Å². The van der Waals surface area contributed by atoms with Gasteiger partial charge in [0.15, 0.2) is 0 Å². The average molecular weight is 254 g/mol. The molecule has 2 nitrogen and oxygen atoms in total. The van der Waals surface area contributed by atoms with Gasteiger partial charge in [0.2, 0.25) is 0 Å². The average Bonchev–Trinajstić information content (AvgIpc) is 2.42. The fourth-order valence-electron chi connectivity index (χ4n) is 2.37. The van der Waals surface area contributed by atoms with E-state index in [-0.39, 0.29) is 6.04 Å². The van der Waals surface area contributed by atoms with Crippen molar-refractivity contribution < 1.29 is 0 Å². The van der Waals surface area contributed by atoms with Crippen LogP contribution in [-0.4, -0.2) is 12.0 Å². The topological polar surface area (TPSA) is 24.9 Å². The lowest BCUT2D eigenvalue weighted by molar-refractivity contribution is 0.670. The zero-order valence-corrected chi connectivity index (χ0v) is 12.0. The Kier molecular flexibility index (Phi) is 4.69. The number of hydrogen-bond donors (Lipinski definition) is 1. The van der Waals surface area contributed by atoms with E-state index in [1.165, 1.54) is 23.1 Å². The molecule has 0 amide bonds. The van der Waals surface area contributed by atoms with Gasteiger partial charge < -0.3 is 5.32 Å². The van der Waals surface area contributed by atoms with Gasteiger partial charge in [0.05, 0.1) is 11.7 Å². The zero-order chi connectivity index (χ0) is 13.7. The maximum absolute atomic E-state index is 4.48. The lowest BCUT2D eigenvalue weighted by Gasteiger charge is -2.17. The van der Waals surface area contributed by atoms with Gasteiger partial charge in [-0.15, -0.1) is 0 Å². The standard InChI is InChI=1S/C17H22N2/c1-4-5-14-6-8-15(9-7-14)17(18-3)16-12-13(2)10-11-19-16/h6-12,17-18H,4-5H2,1-3H3. The third-order valence-electron chi connectivity index (χ3n) is 3.37. The van der Waals surface area contributed by atoms with Crippen LogP contribution in [0.3, 0.4) is 0 Å². The number of hydrogen-bond acceptors (Lipinski definition) is 2. The zero-order valence-electron chi connectivity index (χ0n) is 12.0. The van der Waals surface area contributed by atoms with Gasteiger partial charge in [-0.25, -0.2) is 0 Å². The quantitative estimate of drug-likeness (QED) is 0.881. The summed E-state index contributed by atoms with van der Waals surface area (Å²) < 4.78 is 0. The minimum Gasteiger partial charge on any atom is -0.308 e. The normalized spacial score (nSPS) is 12.4. The molecule has 0 aliphatic carbocycles. The van der Waals surface area contributed by atoms with Crippen LogP contribution in [0.15, 0.2) is 42.6 Å². The molecule has 0 saturated carbocycles. The van der Waals surface area contributed by atoms with E-state index < -0.39 is 0 Å². The van der Waals surface area contributed by atoms with Gasteiger partial charge in [-0.3, -0.25) is 4.98 Å². The Bertz CT molecular complexity index is 517. The van der Waals surface area contributed by atoms with Gasteiger partial charge >= 0.3 is 0 Å². The number of nitrogens with one attached hydrogen (secondary N) is 1. The number of aromatic nitrogens is 1. The van der Waals surface area contributed by atoms with Gasteiger partial charge in [-0.1, -0.05) is 37.6 Å². The monoisotopic (exact) mass is 254 g/mol. The SMILES string of the molecule is CCCc1ccc(C(NC)c2cc(C)ccn2)cc1. The molecule has 1 aromatic heterocycles. The van der Waals surface area contributed by atoms with E-state index in [9.17, 15) is 0 Å². The first-order chi connectivity index (χ1) is 9.24. The fourth-order valence-corrected chi connectivity index (χ4v) is 2.37. The second-order valence-corrected chi connectivity index (χ2v) is 4.97. The smallest absolute Gasteiger partial charge is 0.0749 e. The predicted molar refractivity (Wildman–Crippen MR) is 80.3 cm³/mol. The second kappa shape index (κ2) is 6.48. The van der Waals surface area contributed by atoms with E-state index >= 15 is 0 Å². The minimum absolute atomic E-state index is 0.163. The molecule has 0 fully saturated rings. The van der Waals surface area contributed by atoms with Crippen LogP contribution in [0.25, 0.3) is 0 Å². The summed E-state index contributed by atoms with van der Waals surface area (Å²) in [6, 6.07) is 13.2. The lowest BCUT2D eigenvalue weighted by atomic mass is 10.00. The minimum atomic E-state index is 0.163. The molecule has 2 aromatic rings. The van der Waals surface area contributed by atoms with Crippen molar-refractivity contribution in [2.45, 2.75) is 32.7 Å². The second-order valence-electron chi connectivity index (χ2n) is 4.97. The van der Waals surface area contributed by atoms with Crippen LogP contribution in [0.2, 0.25) is 0 Å². The Morgan fingerprint density at radius 1 is 1.16 bits per heavy atom. The molecular formula is C17H22N2. The molecule has 19 heavy (non-hydrogen) atoms. The lowest BCUT2D eigenvalue weighted by Crippen LogP contribution is -2.18. The molecule has 1 unspecified atom stereocenters. The highest BCUT2D eigenvalue weighted by Crippen LogP contribution is 2.21. The van der Waals surface area contributed by atoms with Crippen molar-refractivity contribution in [2.24, 2.45) is 0 Å². The molecule has 1 atom stereocenters. The Hall–Kier alpha value is -1.67. The van der Waals surface area contributed by atoms with E-state index in [0.29, 0.717) is 0 Å². The highest BCUT2D eigenvalue weighted by molar-refractivity contribution is 5.31. The molecule has 1 aromatic carbocycles. The summed E-state index contributed by atoms with van der Waals surface area (Å²) in [5.74, 6) is 0. The Labute approximate surface area is 115 Å². The van der Waals surface area contributed by atoms with E-state index in [4.69, 9.17) is 0 Å². The largest absolute Gasteiger partial charge is 0.308 e. The van der Waals surface area contributed by atoms with Gasteiger partial charge in [-0.05, 0) is 49.2 Å². The maximum Gasteiger partial charge on any atom is 0.0749 e. The summed E-state index contributed by atoms with van der Waals surface area (Å²) in [6.45, 7) is 4.31. The third kappa shape index (κ3) is 3.42. The van der Waals surface area contributed by atoms with Gasteiger partial charge in [0, 0.05) is 6.20 Å². The predicted octanol–water partition coefficient (Wildman–Crippen LogP) is 3.65. The maximum atomic E-state index is 4.48. The van der Waals surface area contributed by atoms with Crippen molar-refractivity contribution in [1.29, 1.82) is 0 Å². The van der Waals surface area contributed by atoms with Gasteiger partial charge in [0.1, 0.15) is 0 Å². The molecule has 100 valence electrons. The summed E-state index contributed by atoms with van der Waals surface area (Å²) in [7, 11) is 1.98. The van der Waals surface area contributed by atoms with E-state index in [1.54, 1.807) is 0 Å². The van der Waals surface area contributed by atoms with Crippen LogP contribution >= 0.6 is 0 Å². The highest BCUT2D eigenvalue weighted by atomic mass is 14.9. The van der Waals surface area contributed by atoms with Crippen LogP contribution in [0.1, 0.15) is 41.8 Å². The van der Waals surface area contributed by atoms with E-state index in [0.717, 1.165) is 12.1 Å². The van der Waals surface area contributed by atoms with Crippen LogP contribution < -0.4 is 5.32 Å². The van der Waals surface area contributed by atoms with Crippen molar-refractivity contribution in [3.63, 3.8) is 0 Å². The molecule has 0 aliphatic rings.